The molecule has 20 heavy (non-hydrogen) atoms. The van der Waals surface area contributed by atoms with Crippen molar-refractivity contribution in [1.29, 1.82) is 5.26 Å². The largest absolute Gasteiger partial charge is 0.314 e. The van der Waals surface area contributed by atoms with Crippen molar-refractivity contribution in [1.82, 2.24) is 10.2 Å². The van der Waals surface area contributed by atoms with E-state index in [1.807, 2.05) is 13.8 Å². The molecule has 0 aromatic heterocycles. The number of nitriles is 1. The predicted octanol–water partition coefficient (Wildman–Crippen LogP) is 3.17. The maximum Gasteiger partial charge on any atom is 0.0683 e. The van der Waals surface area contributed by atoms with Gasteiger partial charge in [-0.05, 0) is 84.5 Å². The van der Waals surface area contributed by atoms with Crippen LogP contribution in [-0.4, -0.2) is 37.1 Å². The van der Waals surface area contributed by atoms with Gasteiger partial charge in [0.25, 0.3) is 0 Å². The van der Waals surface area contributed by atoms with Crippen molar-refractivity contribution in [2.24, 2.45) is 11.3 Å². The van der Waals surface area contributed by atoms with E-state index in [1.165, 1.54) is 64.7 Å². The van der Waals surface area contributed by atoms with Crippen molar-refractivity contribution in [3.05, 3.63) is 0 Å². The molecule has 0 bridgehead atoms. The lowest BCUT2D eigenvalue weighted by atomic mass is 9.89. The molecule has 1 heterocycles. The van der Waals surface area contributed by atoms with Crippen LogP contribution in [0.15, 0.2) is 0 Å². The SMILES string of the molecule is CC(C)(C#N)CCCCN1CCC(CNC2CC2)CC1. The van der Waals surface area contributed by atoms with Gasteiger partial charge in [0.2, 0.25) is 0 Å². The van der Waals surface area contributed by atoms with Crippen molar-refractivity contribution < 1.29 is 0 Å². The Bertz CT molecular complexity index is 320. The first kappa shape index (κ1) is 15.8. The van der Waals surface area contributed by atoms with Crippen molar-refractivity contribution in [2.45, 2.75) is 64.8 Å². The van der Waals surface area contributed by atoms with Crippen molar-refractivity contribution in [3.8, 4) is 6.07 Å². The summed E-state index contributed by atoms with van der Waals surface area (Å²) in [6, 6.07) is 3.25. The second kappa shape index (κ2) is 7.43. The fourth-order valence-corrected chi connectivity index (χ4v) is 2.99. The molecule has 1 saturated heterocycles. The molecule has 1 N–H and O–H groups in total. The van der Waals surface area contributed by atoms with E-state index in [0.29, 0.717) is 0 Å². The third kappa shape index (κ3) is 5.81. The molecule has 0 amide bonds. The lowest BCUT2D eigenvalue weighted by molar-refractivity contribution is 0.178. The van der Waals surface area contributed by atoms with Crippen molar-refractivity contribution in [3.63, 3.8) is 0 Å². The minimum Gasteiger partial charge on any atom is -0.314 e. The summed E-state index contributed by atoms with van der Waals surface area (Å²) in [5.41, 5.74) is -0.137. The normalized spacial score (nSPS) is 21.9. The van der Waals surface area contributed by atoms with Gasteiger partial charge in [0.05, 0.1) is 11.5 Å². The summed E-state index contributed by atoms with van der Waals surface area (Å²) in [5.74, 6) is 0.907. The summed E-state index contributed by atoms with van der Waals surface area (Å²) in [7, 11) is 0. The molecule has 1 saturated carbocycles. The van der Waals surface area contributed by atoms with E-state index >= 15 is 0 Å². The Labute approximate surface area is 124 Å². The summed E-state index contributed by atoms with van der Waals surface area (Å²) in [5, 5.41) is 12.7. The third-order valence-electron chi connectivity index (χ3n) is 4.81. The predicted molar refractivity (Wildman–Crippen MR) is 83.4 cm³/mol. The lowest BCUT2D eigenvalue weighted by Crippen LogP contribution is -2.38. The number of nitrogens with one attached hydrogen (secondary N) is 1. The Morgan fingerprint density at radius 3 is 2.45 bits per heavy atom. The molecule has 2 fully saturated rings. The average molecular weight is 277 g/mol. The zero-order valence-corrected chi connectivity index (χ0v) is 13.3. The quantitative estimate of drug-likeness (QED) is 0.693. The number of piperidine rings is 1. The molecule has 2 rings (SSSR count). The first-order chi connectivity index (χ1) is 9.59. The number of hydrogen-bond acceptors (Lipinski definition) is 3. The first-order valence-corrected chi connectivity index (χ1v) is 8.46. The minimum atomic E-state index is -0.137. The maximum atomic E-state index is 9.00. The van der Waals surface area contributed by atoms with Crippen LogP contribution < -0.4 is 5.32 Å². The van der Waals surface area contributed by atoms with Gasteiger partial charge in [-0.1, -0.05) is 6.42 Å². The molecule has 2 aliphatic rings. The monoisotopic (exact) mass is 277 g/mol. The second-order valence-electron chi connectivity index (χ2n) is 7.42. The summed E-state index contributed by atoms with van der Waals surface area (Å²) in [6.07, 6.45) is 8.99. The number of unbranched alkanes of at least 4 members (excludes halogenated alkanes) is 1. The van der Waals surface area contributed by atoms with E-state index in [-0.39, 0.29) is 5.41 Å². The van der Waals surface area contributed by atoms with Crippen molar-refractivity contribution >= 4 is 0 Å². The molecule has 3 nitrogen and oxygen atoms in total. The molecule has 3 heteroatoms. The number of hydrogen-bond donors (Lipinski definition) is 1. The standard InChI is InChI=1S/C17H31N3/c1-17(2,14-18)9-3-4-10-20-11-7-15(8-12-20)13-19-16-5-6-16/h15-16,19H,3-13H2,1-2H3. The summed E-state index contributed by atoms with van der Waals surface area (Å²) >= 11 is 0. The fourth-order valence-electron chi connectivity index (χ4n) is 2.99. The van der Waals surface area contributed by atoms with Crippen LogP contribution >= 0.6 is 0 Å². The average Bonchev–Trinajstić information content (AvgIpc) is 3.27. The molecule has 0 radical (unpaired) electrons. The maximum absolute atomic E-state index is 9.00. The van der Waals surface area contributed by atoms with E-state index in [0.717, 1.165) is 18.4 Å². The Kier molecular flexibility index (Phi) is 5.86. The zero-order chi connectivity index (χ0) is 14.4. The van der Waals surface area contributed by atoms with Gasteiger partial charge in [0.1, 0.15) is 0 Å². The van der Waals surface area contributed by atoms with E-state index in [9.17, 15) is 0 Å². The molecule has 0 unspecified atom stereocenters. The highest BCUT2D eigenvalue weighted by Crippen LogP contribution is 2.23. The van der Waals surface area contributed by atoms with E-state index in [1.54, 1.807) is 0 Å². The Morgan fingerprint density at radius 1 is 1.15 bits per heavy atom. The van der Waals surface area contributed by atoms with Crippen LogP contribution in [0.3, 0.4) is 0 Å². The Hall–Kier alpha value is -0.590. The zero-order valence-electron chi connectivity index (χ0n) is 13.3. The van der Waals surface area contributed by atoms with Crippen LogP contribution in [0.2, 0.25) is 0 Å². The molecule has 0 spiro atoms. The molecule has 114 valence electrons. The lowest BCUT2D eigenvalue weighted by Gasteiger charge is -2.32. The van der Waals surface area contributed by atoms with Crippen LogP contribution in [0, 0.1) is 22.7 Å². The van der Waals surface area contributed by atoms with E-state index in [2.05, 4.69) is 16.3 Å². The van der Waals surface area contributed by atoms with Gasteiger partial charge in [-0.2, -0.15) is 5.26 Å². The summed E-state index contributed by atoms with van der Waals surface area (Å²) in [4.78, 5) is 2.62. The molecule has 0 aromatic rings. The van der Waals surface area contributed by atoms with Gasteiger partial charge in [0, 0.05) is 6.04 Å². The number of rotatable bonds is 8. The molecular formula is C17H31N3. The molecule has 0 atom stereocenters. The van der Waals surface area contributed by atoms with Crippen LogP contribution in [0.25, 0.3) is 0 Å². The minimum absolute atomic E-state index is 0.137. The fraction of sp³-hybridized carbons (Fsp3) is 0.941. The first-order valence-electron chi connectivity index (χ1n) is 8.46. The van der Waals surface area contributed by atoms with Gasteiger partial charge >= 0.3 is 0 Å². The summed E-state index contributed by atoms with van der Waals surface area (Å²) in [6.45, 7) is 9.12. The van der Waals surface area contributed by atoms with Crippen LogP contribution in [0.5, 0.6) is 0 Å². The number of nitrogens with zero attached hydrogens (tertiary/aromatic N) is 2. The molecular weight excluding hydrogens is 246 g/mol. The third-order valence-corrected chi connectivity index (χ3v) is 4.81. The van der Waals surface area contributed by atoms with Gasteiger partial charge in [0.15, 0.2) is 0 Å². The van der Waals surface area contributed by atoms with E-state index < -0.39 is 0 Å². The molecule has 0 aromatic carbocycles. The van der Waals surface area contributed by atoms with Crippen LogP contribution in [-0.2, 0) is 0 Å². The second-order valence-corrected chi connectivity index (χ2v) is 7.42. The highest BCUT2D eigenvalue weighted by molar-refractivity contribution is 4.91. The smallest absolute Gasteiger partial charge is 0.0683 e. The highest BCUT2D eigenvalue weighted by atomic mass is 15.1. The molecule has 1 aliphatic carbocycles. The van der Waals surface area contributed by atoms with Crippen LogP contribution in [0.4, 0.5) is 0 Å². The number of likely N-dealkylation sites (tertiary alicyclic amines) is 1. The summed E-state index contributed by atoms with van der Waals surface area (Å²) < 4.78 is 0. The molecule has 1 aliphatic heterocycles. The van der Waals surface area contributed by atoms with Gasteiger partial charge in [-0.25, -0.2) is 0 Å². The highest BCUT2D eigenvalue weighted by Gasteiger charge is 2.24. The topological polar surface area (TPSA) is 39.1 Å². The van der Waals surface area contributed by atoms with Crippen LogP contribution in [0.1, 0.15) is 58.8 Å². The van der Waals surface area contributed by atoms with Crippen molar-refractivity contribution in [2.75, 3.05) is 26.2 Å². The van der Waals surface area contributed by atoms with Gasteiger partial charge in [-0.3, -0.25) is 0 Å². The van der Waals surface area contributed by atoms with Gasteiger partial charge in [-0.15, -0.1) is 0 Å². The van der Waals surface area contributed by atoms with E-state index in [4.69, 9.17) is 5.26 Å². The Morgan fingerprint density at radius 2 is 1.85 bits per heavy atom. The Balaban J connectivity index is 1.50. The van der Waals surface area contributed by atoms with Gasteiger partial charge < -0.3 is 10.2 Å².